The Morgan fingerprint density at radius 2 is 1.17 bits per heavy atom. The number of unbranched alkanes of at least 4 members (excludes halogenated alkanes) is 14. The molecular formula is C24H49ClN2O2. The summed E-state index contributed by atoms with van der Waals surface area (Å²) in [5.41, 5.74) is 0. The van der Waals surface area contributed by atoms with Gasteiger partial charge in [0.2, 0.25) is 5.91 Å². The molecule has 0 aliphatic carbocycles. The smallest absolute Gasteiger partial charge is 0.224 e. The van der Waals surface area contributed by atoms with Crippen LogP contribution in [-0.4, -0.2) is 50.4 Å². The average Bonchev–Trinajstić information content (AvgIpc) is 2.70. The maximum atomic E-state index is 12.0. The normalized spacial score (nSPS) is 15.7. The van der Waals surface area contributed by atoms with Crippen LogP contribution in [0.15, 0.2) is 0 Å². The number of hydrogen-bond acceptors (Lipinski definition) is 2. The molecule has 1 rings (SSSR count). The number of morpholine rings is 1. The predicted octanol–water partition coefficient (Wildman–Crippen LogP) is 2.80. The number of ether oxygens (including phenoxy) is 1. The number of nitrogens with one attached hydrogen (secondary N) is 1. The molecule has 0 atom stereocenters. The number of hydrogen-bond donors (Lipinski definition) is 1. The summed E-state index contributed by atoms with van der Waals surface area (Å²) in [4.78, 5) is 12.0. The largest absolute Gasteiger partial charge is 1.00 e. The van der Waals surface area contributed by atoms with Gasteiger partial charge in [-0.25, -0.2) is 0 Å². The van der Waals surface area contributed by atoms with Crippen molar-refractivity contribution in [2.75, 3.05) is 40.0 Å². The third-order valence-electron chi connectivity index (χ3n) is 6.22. The summed E-state index contributed by atoms with van der Waals surface area (Å²) in [7, 11) is 2.20. The number of carbonyl (C=O) groups is 1. The molecule has 29 heavy (non-hydrogen) atoms. The van der Waals surface area contributed by atoms with E-state index in [1.165, 1.54) is 89.9 Å². The maximum Gasteiger partial charge on any atom is 0.224 e. The van der Waals surface area contributed by atoms with Crippen molar-refractivity contribution < 1.29 is 26.4 Å². The lowest BCUT2D eigenvalue weighted by Crippen LogP contribution is -3.00. The standard InChI is InChI=1S/C24H48N2O2.ClH/c1-3-4-5-6-7-8-9-10-11-12-13-14-15-16-17-18-24(27)25-23-26(2)19-21-28-22-20-26;/h3-23H2,1-2H3;1H. The highest BCUT2D eigenvalue weighted by Gasteiger charge is 2.25. The number of carbonyl (C=O) groups excluding carboxylic acids is 1. The van der Waals surface area contributed by atoms with Gasteiger partial charge in [0.25, 0.3) is 0 Å². The van der Waals surface area contributed by atoms with Gasteiger partial charge < -0.3 is 26.9 Å². The topological polar surface area (TPSA) is 38.3 Å². The van der Waals surface area contributed by atoms with Gasteiger partial charge in [0.15, 0.2) is 6.67 Å². The maximum absolute atomic E-state index is 12.0. The molecule has 1 N–H and O–H groups in total. The van der Waals surface area contributed by atoms with Crippen LogP contribution in [0.5, 0.6) is 0 Å². The van der Waals surface area contributed by atoms with E-state index in [1.807, 2.05) is 0 Å². The van der Waals surface area contributed by atoms with Crippen LogP contribution in [0, 0.1) is 0 Å². The zero-order valence-electron chi connectivity index (χ0n) is 19.5. The summed E-state index contributed by atoms with van der Waals surface area (Å²) in [6.07, 6.45) is 21.1. The first-order valence-corrected chi connectivity index (χ1v) is 12.3. The Hall–Kier alpha value is -0.320. The van der Waals surface area contributed by atoms with Gasteiger partial charge in [0, 0.05) is 6.42 Å². The van der Waals surface area contributed by atoms with Crippen molar-refractivity contribution in [1.82, 2.24) is 5.32 Å². The predicted molar refractivity (Wildman–Crippen MR) is 119 cm³/mol. The summed E-state index contributed by atoms with van der Waals surface area (Å²) in [6, 6.07) is 0. The Morgan fingerprint density at radius 1 is 0.759 bits per heavy atom. The molecule has 0 aromatic carbocycles. The number of amides is 1. The number of likely N-dealkylation sites (N-methyl/N-ethyl adjacent to an activating group) is 1. The Labute approximate surface area is 187 Å². The molecule has 5 heteroatoms. The molecule has 0 bridgehead atoms. The molecule has 1 aliphatic heterocycles. The van der Waals surface area contributed by atoms with Crippen molar-refractivity contribution >= 4 is 5.91 Å². The van der Waals surface area contributed by atoms with Crippen molar-refractivity contribution in [2.45, 2.75) is 110 Å². The first-order valence-electron chi connectivity index (χ1n) is 12.3. The zero-order chi connectivity index (χ0) is 20.3. The summed E-state index contributed by atoms with van der Waals surface area (Å²) in [6.45, 7) is 6.65. The van der Waals surface area contributed by atoms with Crippen LogP contribution < -0.4 is 17.7 Å². The van der Waals surface area contributed by atoms with Gasteiger partial charge >= 0.3 is 0 Å². The molecule has 1 saturated heterocycles. The Kier molecular flexibility index (Phi) is 19.4. The SMILES string of the molecule is CCCCCCCCCCCCCCCCCC(=O)NC[N+]1(C)CCOCC1.[Cl-]. The molecule has 4 nitrogen and oxygen atoms in total. The van der Waals surface area contributed by atoms with Crippen LogP contribution >= 0.6 is 0 Å². The number of nitrogens with zero attached hydrogens (tertiary/aromatic N) is 1. The molecule has 1 amide bonds. The summed E-state index contributed by atoms with van der Waals surface area (Å²) in [5.74, 6) is 0.223. The van der Waals surface area contributed by atoms with Gasteiger partial charge in [-0.15, -0.1) is 0 Å². The zero-order valence-corrected chi connectivity index (χ0v) is 20.2. The molecule has 0 radical (unpaired) electrons. The van der Waals surface area contributed by atoms with E-state index in [2.05, 4.69) is 19.3 Å². The molecule has 1 heterocycles. The highest BCUT2D eigenvalue weighted by molar-refractivity contribution is 5.75. The molecule has 0 aromatic heterocycles. The van der Waals surface area contributed by atoms with Crippen LogP contribution in [0.2, 0.25) is 0 Å². The Morgan fingerprint density at radius 3 is 1.62 bits per heavy atom. The van der Waals surface area contributed by atoms with Gasteiger partial charge in [0.05, 0.1) is 20.3 Å². The van der Waals surface area contributed by atoms with E-state index >= 15 is 0 Å². The second-order valence-electron chi connectivity index (χ2n) is 9.14. The minimum atomic E-state index is 0. The molecule has 0 aromatic rings. The van der Waals surface area contributed by atoms with Crippen molar-refractivity contribution in [2.24, 2.45) is 0 Å². The van der Waals surface area contributed by atoms with E-state index in [-0.39, 0.29) is 18.3 Å². The van der Waals surface area contributed by atoms with E-state index in [0.717, 1.165) is 43.9 Å². The van der Waals surface area contributed by atoms with Gasteiger partial charge in [-0.05, 0) is 6.42 Å². The van der Waals surface area contributed by atoms with E-state index in [9.17, 15) is 4.79 Å². The van der Waals surface area contributed by atoms with Gasteiger partial charge in [-0.2, -0.15) is 0 Å². The quantitative estimate of drug-likeness (QED) is 0.267. The van der Waals surface area contributed by atoms with Gasteiger partial charge in [-0.1, -0.05) is 96.8 Å². The Balaban J connectivity index is 0.00000784. The highest BCUT2D eigenvalue weighted by Crippen LogP contribution is 2.13. The fraction of sp³-hybridized carbons (Fsp3) is 0.958. The lowest BCUT2D eigenvalue weighted by Gasteiger charge is -2.37. The van der Waals surface area contributed by atoms with Gasteiger partial charge in [-0.3, -0.25) is 4.79 Å². The third-order valence-corrected chi connectivity index (χ3v) is 6.22. The van der Waals surface area contributed by atoms with Crippen LogP contribution in [0.3, 0.4) is 0 Å². The van der Waals surface area contributed by atoms with E-state index in [4.69, 9.17) is 4.74 Å². The first kappa shape index (κ1) is 28.7. The summed E-state index contributed by atoms with van der Waals surface area (Å²) >= 11 is 0. The van der Waals surface area contributed by atoms with Crippen LogP contribution in [0.4, 0.5) is 0 Å². The van der Waals surface area contributed by atoms with Crippen molar-refractivity contribution in [1.29, 1.82) is 0 Å². The average molecular weight is 433 g/mol. The Bertz CT molecular complexity index is 374. The number of rotatable bonds is 18. The van der Waals surface area contributed by atoms with Crippen LogP contribution in [0.25, 0.3) is 0 Å². The lowest BCUT2D eigenvalue weighted by atomic mass is 10.0. The van der Waals surface area contributed by atoms with Crippen LogP contribution in [0.1, 0.15) is 110 Å². The molecule has 1 aliphatic rings. The summed E-state index contributed by atoms with van der Waals surface area (Å²) in [5, 5.41) is 3.12. The minimum absolute atomic E-state index is 0. The fourth-order valence-corrected chi connectivity index (χ4v) is 3.97. The number of halogens is 1. The molecular weight excluding hydrogens is 384 g/mol. The van der Waals surface area contributed by atoms with Crippen molar-refractivity contribution in [3.05, 3.63) is 0 Å². The van der Waals surface area contributed by atoms with Gasteiger partial charge in [0.1, 0.15) is 13.1 Å². The van der Waals surface area contributed by atoms with E-state index < -0.39 is 0 Å². The van der Waals surface area contributed by atoms with Crippen molar-refractivity contribution in [3.8, 4) is 0 Å². The second kappa shape index (κ2) is 19.6. The fourth-order valence-electron chi connectivity index (χ4n) is 3.97. The highest BCUT2D eigenvalue weighted by atomic mass is 35.5. The van der Waals surface area contributed by atoms with Crippen molar-refractivity contribution in [3.63, 3.8) is 0 Å². The number of quaternary nitrogens is 1. The monoisotopic (exact) mass is 432 g/mol. The molecule has 174 valence electrons. The molecule has 0 unspecified atom stereocenters. The lowest BCUT2D eigenvalue weighted by molar-refractivity contribution is -0.918. The molecule has 0 spiro atoms. The summed E-state index contributed by atoms with van der Waals surface area (Å²) < 4.78 is 6.31. The van der Waals surface area contributed by atoms with E-state index in [0.29, 0.717) is 6.42 Å². The minimum Gasteiger partial charge on any atom is -1.00 e. The van der Waals surface area contributed by atoms with E-state index in [1.54, 1.807) is 0 Å². The third kappa shape index (κ3) is 17.1. The molecule has 0 saturated carbocycles. The second-order valence-corrected chi connectivity index (χ2v) is 9.14. The molecule has 1 fully saturated rings. The van der Waals surface area contributed by atoms with Crippen LogP contribution in [-0.2, 0) is 9.53 Å². The first-order chi connectivity index (χ1) is 13.7.